The number of Topliss-reactive ketones (excluding diaryl/α,β-unsaturated/α-hetero) is 1. The van der Waals surface area contributed by atoms with Gasteiger partial charge in [0.25, 0.3) is 0 Å². The lowest BCUT2D eigenvalue weighted by Crippen LogP contribution is -2.05. The van der Waals surface area contributed by atoms with E-state index in [9.17, 15) is 23.1 Å². The SMILES string of the molecule is CCc1ccc(Oc2ccc(C(F)(F)F)c(Cl)c2)cc1C1=C(O)c2c(c3ccc2o3)C1=O. The zero-order valence-electron chi connectivity index (χ0n) is 16.5. The molecule has 2 heterocycles. The fourth-order valence-corrected chi connectivity index (χ4v) is 4.28. The molecule has 0 unspecified atom stereocenters. The molecule has 0 radical (unpaired) electrons. The van der Waals surface area contributed by atoms with Crippen LogP contribution >= 0.6 is 11.6 Å². The molecule has 0 spiro atoms. The van der Waals surface area contributed by atoms with E-state index in [-0.39, 0.29) is 28.6 Å². The molecule has 0 amide bonds. The van der Waals surface area contributed by atoms with E-state index < -0.39 is 16.8 Å². The average molecular weight is 459 g/mol. The van der Waals surface area contributed by atoms with Crippen molar-refractivity contribution in [2.24, 2.45) is 0 Å². The van der Waals surface area contributed by atoms with Gasteiger partial charge in [0, 0.05) is 6.07 Å². The minimum Gasteiger partial charge on any atom is -0.506 e. The zero-order chi connectivity index (χ0) is 22.8. The number of halogens is 4. The number of furan rings is 2. The fraction of sp³-hybridized carbons (Fsp3) is 0.125. The number of ether oxygens (including phenoxy) is 1. The van der Waals surface area contributed by atoms with Crippen LogP contribution in [0.15, 0.2) is 52.9 Å². The molecular formula is C24H14ClF3O4. The molecule has 1 N–H and O–H groups in total. The van der Waals surface area contributed by atoms with E-state index in [1.54, 1.807) is 30.3 Å². The van der Waals surface area contributed by atoms with Crippen LogP contribution < -0.4 is 4.74 Å². The standard InChI is InChI=1S/C24H14ClF3O4/c1-2-11-3-4-12(31-13-5-6-15(16(25)10-13)24(26,27)28)9-14(11)19-22(29)20-17-7-8-18(32-17)21(20)23(19)30/h3-10,29H,2H2,1H3. The van der Waals surface area contributed by atoms with Gasteiger partial charge in [0.2, 0.25) is 5.78 Å². The maximum atomic E-state index is 13.1. The second-order valence-electron chi connectivity index (χ2n) is 7.38. The van der Waals surface area contributed by atoms with Crippen LogP contribution in [0.3, 0.4) is 0 Å². The number of aryl methyl sites for hydroxylation is 1. The number of hydrogen-bond donors (Lipinski definition) is 1. The van der Waals surface area contributed by atoms with E-state index in [0.29, 0.717) is 34.3 Å². The number of allylic oxidation sites excluding steroid dienone is 1. The van der Waals surface area contributed by atoms with Crippen LogP contribution in [0.1, 0.15) is 39.5 Å². The Morgan fingerprint density at radius 2 is 1.66 bits per heavy atom. The molecule has 1 aliphatic carbocycles. The third kappa shape index (κ3) is 3.04. The lowest BCUT2D eigenvalue weighted by atomic mass is 9.95. The number of hydrogen-bond acceptors (Lipinski definition) is 4. The highest BCUT2D eigenvalue weighted by atomic mass is 35.5. The molecule has 0 saturated heterocycles. The van der Waals surface area contributed by atoms with Gasteiger partial charge < -0.3 is 14.3 Å². The molecule has 8 heteroatoms. The van der Waals surface area contributed by atoms with Gasteiger partial charge in [0.15, 0.2) is 0 Å². The summed E-state index contributed by atoms with van der Waals surface area (Å²) in [6.45, 7) is 1.91. The smallest absolute Gasteiger partial charge is 0.417 e. The summed E-state index contributed by atoms with van der Waals surface area (Å²) in [7, 11) is 0. The minimum absolute atomic E-state index is 0.108. The number of aliphatic hydroxyl groups excluding tert-OH is 1. The Kier molecular flexibility index (Phi) is 4.49. The van der Waals surface area contributed by atoms with Crippen molar-refractivity contribution in [1.29, 1.82) is 0 Å². The molecule has 0 atom stereocenters. The first-order valence-corrected chi connectivity index (χ1v) is 10.1. The largest absolute Gasteiger partial charge is 0.506 e. The molecule has 4 nitrogen and oxygen atoms in total. The summed E-state index contributed by atoms with van der Waals surface area (Å²) in [6, 6.07) is 11.4. The Morgan fingerprint density at radius 3 is 2.28 bits per heavy atom. The topological polar surface area (TPSA) is 59.7 Å². The molecule has 2 bridgehead atoms. The second kappa shape index (κ2) is 7.03. The first kappa shape index (κ1) is 20.5. The summed E-state index contributed by atoms with van der Waals surface area (Å²) in [5.74, 6) is -0.123. The second-order valence-corrected chi connectivity index (χ2v) is 7.79. The van der Waals surface area contributed by atoms with Crippen molar-refractivity contribution in [3.63, 3.8) is 0 Å². The molecule has 4 aromatic rings. The maximum absolute atomic E-state index is 13.1. The number of fused-ring (bicyclic) bond motifs is 5. The molecule has 0 saturated carbocycles. The molecular weight excluding hydrogens is 445 g/mol. The molecule has 2 aromatic carbocycles. The summed E-state index contributed by atoms with van der Waals surface area (Å²) < 4.78 is 50.0. The Balaban J connectivity index is 1.54. The molecule has 0 aliphatic heterocycles. The van der Waals surface area contributed by atoms with Gasteiger partial charge in [-0.05, 0) is 53.9 Å². The monoisotopic (exact) mass is 458 g/mol. The van der Waals surface area contributed by atoms with Gasteiger partial charge >= 0.3 is 6.18 Å². The highest BCUT2D eigenvalue weighted by Gasteiger charge is 2.38. The summed E-state index contributed by atoms with van der Waals surface area (Å²) >= 11 is 5.78. The highest BCUT2D eigenvalue weighted by Crippen LogP contribution is 2.46. The van der Waals surface area contributed by atoms with Gasteiger partial charge in [-0.25, -0.2) is 0 Å². The van der Waals surface area contributed by atoms with Gasteiger partial charge in [-0.1, -0.05) is 24.6 Å². The Morgan fingerprint density at radius 1 is 1.00 bits per heavy atom. The Hall–Kier alpha value is -3.45. The van der Waals surface area contributed by atoms with E-state index in [0.717, 1.165) is 17.7 Å². The number of aliphatic hydroxyl groups is 1. The van der Waals surface area contributed by atoms with Crippen molar-refractivity contribution in [3.8, 4) is 11.5 Å². The fourth-order valence-electron chi connectivity index (χ4n) is 4.01. The highest BCUT2D eigenvalue weighted by molar-refractivity contribution is 6.42. The number of rotatable bonds is 4. The molecule has 1 aliphatic rings. The predicted molar refractivity (Wildman–Crippen MR) is 114 cm³/mol. The summed E-state index contributed by atoms with van der Waals surface area (Å²) in [4.78, 5) is 13.1. The summed E-state index contributed by atoms with van der Waals surface area (Å²) in [5.41, 5.74) is 2.02. The third-order valence-corrected chi connectivity index (χ3v) is 5.80. The number of alkyl halides is 3. The lowest BCUT2D eigenvalue weighted by Gasteiger charge is -2.14. The number of carbonyl (C=O) groups is 1. The van der Waals surface area contributed by atoms with E-state index in [2.05, 4.69) is 0 Å². The van der Waals surface area contributed by atoms with Crippen LogP contribution in [0.25, 0.3) is 22.5 Å². The zero-order valence-corrected chi connectivity index (χ0v) is 17.3. The number of carbonyl (C=O) groups excluding carboxylic acids is 1. The van der Waals surface area contributed by atoms with Gasteiger partial charge in [-0.3, -0.25) is 4.79 Å². The van der Waals surface area contributed by atoms with E-state index in [1.807, 2.05) is 6.92 Å². The van der Waals surface area contributed by atoms with Crippen molar-refractivity contribution < 1.29 is 32.2 Å². The Labute approximate surface area is 184 Å². The van der Waals surface area contributed by atoms with Crippen LogP contribution in [-0.2, 0) is 12.6 Å². The summed E-state index contributed by atoms with van der Waals surface area (Å²) in [6.07, 6.45) is -3.99. The van der Waals surface area contributed by atoms with Crippen LogP contribution in [0.4, 0.5) is 13.2 Å². The normalized spacial score (nSPS) is 14.0. The van der Waals surface area contributed by atoms with Crippen molar-refractivity contribution in [2.45, 2.75) is 19.5 Å². The van der Waals surface area contributed by atoms with Gasteiger partial charge in [0.1, 0.15) is 28.4 Å². The predicted octanol–water partition coefficient (Wildman–Crippen LogP) is 7.52. The van der Waals surface area contributed by atoms with Crippen LogP contribution in [0.2, 0.25) is 5.02 Å². The number of benzene rings is 3. The average Bonchev–Trinajstić information content (AvgIpc) is 3.41. The molecule has 162 valence electrons. The maximum Gasteiger partial charge on any atom is 0.417 e. The lowest BCUT2D eigenvalue weighted by molar-refractivity contribution is -0.137. The van der Waals surface area contributed by atoms with Crippen molar-refractivity contribution in [1.82, 2.24) is 0 Å². The Bertz CT molecular complexity index is 1410. The van der Waals surface area contributed by atoms with E-state index in [1.165, 1.54) is 6.07 Å². The van der Waals surface area contributed by atoms with Crippen LogP contribution in [0.5, 0.6) is 11.5 Å². The van der Waals surface area contributed by atoms with Crippen molar-refractivity contribution in [3.05, 3.63) is 81.4 Å². The van der Waals surface area contributed by atoms with Gasteiger partial charge in [0.05, 0.1) is 27.3 Å². The first-order valence-electron chi connectivity index (χ1n) is 9.70. The van der Waals surface area contributed by atoms with Crippen LogP contribution in [0, 0.1) is 0 Å². The van der Waals surface area contributed by atoms with Crippen molar-refractivity contribution in [2.75, 3.05) is 0 Å². The molecule has 0 fully saturated rings. The van der Waals surface area contributed by atoms with E-state index >= 15 is 0 Å². The first-order chi connectivity index (χ1) is 15.2. The van der Waals surface area contributed by atoms with Gasteiger partial charge in [-0.2, -0.15) is 13.2 Å². The quantitative estimate of drug-likeness (QED) is 0.343. The summed E-state index contributed by atoms with van der Waals surface area (Å²) in [5, 5.41) is 10.4. The van der Waals surface area contributed by atoms with E-state index in [4.69, 9.17) is 20.8 Å². The number of ketones is 1. The third-order valence-electron chi connectivity index (χ3n) is 5.49. The molecule has 32 heavy (non-hydrogen) atoms. The minimum atomic E-state index is -4.57. The van der Waals surface area contributed by atoms with Gasteiger partial charge in [-0.15, -0.1) is 0 Å². The van der Waals surface area contributed by atoms with Crippen LogP contribution in [-0.4, -0.2) is 10.9 Å². The van der Waals surface area contributed by atoms with Crippen molar-refractivity contribution >= 4 is 39.9 Å². The molecule has 5 rings (SSSR count). The molecule has 2 aromatic heterocycles.